The van der Waals surface area contributed by atoms with Crippen molar-refractivity contribution >= 4 is 11.7 Å². The van der Waals surface area contributed by atoms with Crippen LogP contribution in [-0.2, 0) is 4.79 Å². The van der Waals surface area contributed by atoms with Crippen molar-refractivity contribution in [2.24, 2.45) is 0 Å². The Bertz CT molecular complexity index is 721. The Balaban J connectivity index is 2.06. The molecule has 0 bridgehead atoms. The molecule has 1 aromatic carbocycles. The van der Waals surface area contributed by atoms with Crippen molar-refractivity contribution in [1.29, 1.82) is 0 Å². The number of nitrogens with zero attached hydrogens (tertiary/aromatic N) is 2. The van der Waals surface area contributed by atoms with Gasteiger partial charge in [-0.2, -0.15) is 5.10 Å². The summed E-state index contributed by atoms with van der Waals surface area (Å²) in [5.74, 6) is 1.07. The molecular weight excluding hydrogens is 282 g/mol. The summed E-state index contributed by atoms with van der Waals surface area (Å²) >= 11 is 0. The minimum absolute atomic E-state index is 0.0461. The second kappa shape index (κ2) is 5.36. The van der Waals surface area contributed by atoms with Crippen LogP contribution >= 0.6 is 0 Å². The molecule has 1 aromatic heterocycles. The number of phenols is 1. The summed E-state index contributed by atoms with van der Waals surface area (Å²) < 4.78 is 6.88. The Hall–Kier alpha value is -2.50. The van der Waals surface area contributed by atoms with E-state index in [4.69, 9.17) is 4.74 Å². The number of methoxy groups -OCH3 is 1. The van der Waals surface area contributed by atoms with Gasteiger partial charge in [-0.05, 0) is 31.5 Å². The molecule has 2 aromatic rings. The van der Waals surface area contributed by atoms with Crippen LogP contribution in [0.4, 0.5) is 5.82 Å². The second-order valence-electron chi connectivity index (χ2n) is 5.72. The number of rotatable bonds is 3. The molecule has 1 amide bonds. The van der Waals surface area contributed by atoms with Gasteiger partial charge in [0.1, 0.15) is 5.82 Å². The van der Waals surface area contributed by atoms with E-state index in [2.05, 4.69) is 10.4 Å². The largest absolute Gasteiger partial charge is 0.504 e. The monoisotopic (exact) mass is 301 g/mol. The number of anilines is 1. The highest BCUT2D eigenvalue weighted by molar-refractivity contribution is 5.94. The average Bonchev–Trinajstić information content (AvgIpc) is 2.90. The zero-order chi connectivity index (χ0) is 15.9. The lowest BCUT2D eigenvalue weighted by molar-refractivity contribution is -0.116. The van der Waals surface area contributed by atoms with Crippen LogP contribution < -0.4 is 10.1 Å². The molecule has 1 aliphatic heterocycles. The van der Waals surface area contributed by atoms with Crippen molar-refractivity contribution < 1.29 is 14.6 Å². The van der Waals surface area contributed by atoms with Crippen molar-refractivity contribution in [3.63, 3.8) is 0 Å². The van der Waals surface area contributed by atoms with Crippen LogP contribution in [0.1, 0.15) is 43.4 Å². The lowest BCUT2D eigenvalue weighted by Gasteiger charge is -2.24. The van der Waals surface area contributed by atoms with Gasteiger partial charge in [0.25, 0.3) is 0 Å². The van der Waals surface area contributed by atoms with E-state index in [0.29, 0.717) is 12.2 Å². The number of ether oxygens (including phenoxy) is 1. The molecule has 0 saturated heterocycles. The SMILES string of the molecule is COc1ccc([C@H]2CC(=O)Nc3c2cnn3C(C)C)cc1O. The van der Waals surface area contributed by atoms with E-state index >= 15 is 0 Å². The van der Waals surface area contributed by atoms with Crippen LogP contribution in [0.25, 0.3) is 0 Å². The molecule has 0 unspecified atom stereocenters. The Morgan fingerprint density at radius 2 is 2.23 bits per heavy atom. The van der Waals surface area contributed by atoms with Gasteiger partial charge in [-0.25, -0.2) is 4.68 Å². The zero-order valence-corrected chi connectivity index (χ0v) is 12.8. The minimum Gasteiger partial charge on any atom is -0.504 e. The van der Waals surface area contributed by atoms with Gasteiger partial charge in [0.05, 0.1) is 13.3 Å². The number of aromatic hydroxyl groups is 1. The van der Waals surface area contributed by atoms with Crippen LogP contribution in [0.15, 0.2) is 24.4 Å². The zero-order valence-electron chi connectivity index (χ0n) is 12.8. The first-order chi connectivity index (χ1) is 10.5. The molecule has 6 heteroatoms. The lowest BCUT2D eigenvalue weighted by atomic mass is 9.87. The van der Waals surface area contributed by atoms with Gasteiger partial charge in [-0.15, -0.1) is 0 Å². The van der Waals surface area contributed by atoms with Crippen LogP contribution in [0.5, 0.6) is 11.5 Å². The maximum Gasteiger partial charge on any atom is 0.226 e. The average molecular weight is 301 g/mol. The van der Waals surface area contributed by atoms with Gasteiger partial charge in [0, 0.05) is 23.9 Å². The molecular formula is C16H19N3O3. The van der Waals surface area contributed by atoms with E-state index in [1.54, 1.807) is 18.3 Å². The number of aromatic nitrogens is 2. The molecule has 0 spiro atoms. The summed E-state index contributed by atoms with van der Waals surface area (Å²) in [7, 11) is 1.51. The van der Waals surface area contributed by atoms with Crippen molar-refractivity contribution in [1.82, 2.24) is 9.78 Å². The summed E-state index contributed by atoms with van der Waals surface area (Å²) in [6.45, 7) is 4.03. The smallest absolute Gasteiger partial charge is 0.226 e. The van der Waals surface area contributed by atoms with Crippen LogP contribution in [-0.4, -0.2) is 27.9 Å². The van der Waals surface area contributed by atoms with Crippen molar-refractivity contribution in [2.75, 3.05) is 12.4 Å². The van der Waals surface area contributed by atoms with Crippen molar-refractivity contribution in [2.45, 2.75) is 32.2 Å². The molecule has 0 aliphatic carbocycles. The van der Waals surface area contributed by atoms with Gasteiger partial charge in [0.15, 0.2) is 11.5 Å². The molecule has 0 fully saturated rings. The maximum absolute atomic E-state index is 12.1. The van der Waals surface area contributed by atoms with Crippen LogP contribution in [0, 0.1) is 0 Å². The van der Waals surface area contributed by atoms with Gasteiger partial charge in [0.2, 0.25) is 5.91 Å². The lowest BCUT2D eigenvalue weighted by Crippen LogP contribution is -2.25. The molecule has 0 saturated carbocycles. The van der Waals surface area contributed by atoms with E-state index in [9.17, 15) is 9.90 Å². The number of hydrogen-bond acceptors (Lipinski definition) is 4. The Kier molecular flexibility index (Phi) is 3.52. The van der Waals surface area contributed by atoms with E-state index in [0.717, 1.165) is 16.9 Å². The summed E-state index contributed by atoms with van der Waals surface area (Å²) in [6.07, 6.45) is 2.13. The fourth-order valence-corrected chi connectivity index (χ4v) is 2.85. The predicted octanol–water partition coefficient (Wildman–Crippen LogP) is 2.65. The van der Waals surface area contributed by atoms with Crippen LogP contribution in [0.3, 0.4) is 0 Å². The third-order valence-electron chi connectivity index (χ3n) is 3.94. The summed E-state index contributed by atoms with van der Waals surface area (Å²) in [5.41, 5.74) is 1.84. The molecule has 6 nitrogen and oxygen atoms in total. The van der Waals surface area contributed by atoms with Gasteiger partial charge in [-0.3, -0.25) is 4.79 Å². The molecule has 1 aliphatic rings. The quantitative estimate of drug-likeness (QED) is 0.913. The molecule has 2 N–H and O–H groups in total. The predicted molar refractivity (Wildman–Crippen MR) is 82.4 cm³/mol. The Labute approximate surface area is 128 Å². The number of benzene rings is 1. The van der Waals surface area contributed by atoms with Crippen molar-refractivity contribution in [3.05, 3.63) is 35.5 Å². The Morgan fingerprint density at radius 3 is 2.86 bits per heavy atom. The first-order valence-corrected chi connectivity index (χ1v) is 7.25. The molecule has 22 heavy (non-hydrogen) atoms. The molecule has 116 valence electrons. The maximum atomic E-state index is 12.1. The summed E-state index contributed by atoms with van der Waals surface area (Å²) in [4.78, 5) is 12.1. The number of hydrogen-bond donors (Lipinski definition) is 2. The number of amides is 1. The number of nitrogens with one attached hydrogen (secondary N) is 1. The van der Waals surface area contributed by atoms with E-state index < -0.39 is 0 Å². The normalized spacial score (nSPS) is 17.3. The molecule has 3 rings (SSSR count). The van der Waals surface area contributed by atoms with E-state index in [1.807, 2.05) is 24.6 Å². The fourth-order valence-electron chi connectivity index (χ4n) is 2.85. The molecule has 2 heterocycles. The number of carbonyl (C=O) groups is 1. The van der Waals surface area contributed by atoms with Gasteiger partial charge in [-0.1, -0.05) is 6.07 Å². The first kappa shape index (κ1) is 14.4. The fraction of sp³-hybridized carbons (Fsp3) is 0.375. The number of fused-ring (bicyclic) bond motifs is 1. The summed E-state index contributed by atoms with van der Waals surface area (Å²) in [6, 6.07) is 5.40. The topological polar surface area (TPSA) is 76.4 Å². The third-order valence-corrected chi connectivity index (χ3v) is 3.94. The van der Waals surface area contributed by atoms with Gasteiger partial charge < -0.3 is 15.2 Å². The molecule has 1 atom stereocenters. The Morgan fingerprint density at radius 1 is 1.45 bits per heavy atom. The minimum atomic E-state index is -0.118. The number of phenolic OH excluding ortho intramolecular Hbond substituents is 1. The first-order valence-electron chi connectivity index (χ1n) is 7.25. The van der Waals surface area contributed by atoms with Crippen LogP contribution in [0.2, 0.25) is 0 Å². The summed E-state index contributed by atoms with van der Waals surface area (Å²) in [5, 5.41) is 17.3. The standard InChI is InChI=1S/C16H19N3O3/c1-9(2)19-16-12(8-17-19)11(7-15(21)18-16)10-4-5-14(22-3)13(20)6-10/h4-6,8-9,11,20H,7H2,1-3H3,(H,18,21)/t11-/m1/s1. The van der Waals surface area contributed by atoms with Crippen molar-refractivity contribution in [3.8, 4) is 11.5 Å². The van der Waals surface area contributed by atoms with Gasteiger partial charge >= 0.3 is 0 Å². The number of carbonyl (C=O) groups excluding carboxylic acids is 1. The highest BCUT2D eigenvalue weighted by atomic mass is 16.5. The second-order valence-corrected chi connectivity index (χ2v) is 5.72. The molecule has 0 radical (unpaired) electrons. The highest BCUT2D eigenvalue weighted by Gasteiger charge is 2.30. The highest BCUT2D eigenvalue weighted by Crippen LogP contribution is 2.40. The van der Waals surface area contributed by atoms with E-state index in [-0.39, 0.29) is 23.6 Å². The third kappa shape index (κ3) is 2.30. The van der Waals surface area contributed by atoms with E-state index in [1.165, 1.54) is 7.11 Å².